The lowest BCUT2D eigenvalue weighted by Gasteiger charge is -2.09. The van der Waals surface area contributed by atoms with Crippen LogP contribution in [0.2, 0.25) is 0 Å². The van der Waals surface area contributed by atoms with E-state index in [1.54, 1.807) is 6.92 Å². The van der Waals surface area contributed by atoms with Crippen LogP contribution in [0.1, 0.15) is 13.3 Å². The number of rotatable bonds is 3. The Morgan fingerprint density at radius 3 is 2.86 bits per heavy atom. The van der Waals surface area contributed by atoms with Crippen LogP contribution in [0.4, 0.5) is 4.79 Å². The van der Waals surface area contributed by atoms with Crippen LogP contribution in [0, 0.1) is 0 Å². The molecular weight excluding hydrogens is 190 g/mol. The van der Waals surface area contributed by atoms with Crippen molar-refractivity contribution in [2.45, 2.75) is 19.4 Å². The normalized spacial score (nSPS) is 20.5. The Balaban J connectivity index is 2.28. The molecular formula is C7H11N3O4. The molecule has 0 radical (unpaired) electrons. The summed E-state index contributed by atoms with van der Waals surface area (Å²) in [6.45, 7) is 1.90. The first kappa shape index (κ1) is 10.5. The Morgan fingerprint density at radius 2 is 2.36 bits per heavy atom. The Hall–Kier alpha value is -1.63. The van der Waals surface area contributed by atoms with E-state index in [9.17, 15) is 14.4 Å². The van der Waals surface area contributed by atoms with Crippen LogP contribution in [0.5, 0.6) is 0 Å². The molecule has 7 heteroatoms. The van der Waals surface area contributed by atoms with Crippen molar-refractivity contribution in [3.63, 3.8) is 0 Å². The predicted octanol–water partition coefficient (Wildman–Crippen LogP) is -1.35. The van der Waals surface area contributed by atoms with Crippen molar-refractivity contribution < 1.29 is 19.1 Å². The van der Waals surface area contributed by atoms with Gasteiger partial charge in [-0.2, -0.15) is 0 Å². The second-order valence-electron chi connectivity index (χ2n) is 2.66. The van der Waals surface area contributed by atoms with Crippen molar-refractivity contribution in [2.75, 3.05) is 6.61 Å². The highest BCUT2D eigenvalue weighted by Gasteiger charge is 2.30. The number of hydrazine groups is 1. The second-order valence-corrected chi connectivity index (χ2v) is 2.66. The maximum absolute atomic E-state index is 11.0. The monoisotopic (exact) mass is 201 g/mol. The van der Waals surface area contributed by atoms with Gasteiger partial charge in [0.25, 0.3) is 0 Å². The Bertz CT molecular complexity index is 266. The summed E-state index contributed by atoms with van der Waals surface area (Å²) in [7, 11) is 0. The molecule has 1 heterocycles. The van der Waals surface area contributed by atoms with Crippen molar-refractivity contribution in [3.05, 3.63) is 0 Å². The minimum absolute atomic E-state index is 0.0191. The van der Waals surface area contributed by atoms with Gasteiger partial charge in [0.2, 0.25) is 11.8 Å². The van der Waals surface area contributed by atoms with Gasteiger partial charge in [0.05, 0.1) is 13.0 Å². The summed E-state index contributed by atoms with van der Waals surface area (Å²) in [6.07, 6.45) is -0.662. The topological polar surface area (TPSA) is 96.5 Å². The first-order chi connectivity index (χ1) is 6.63. The van der Waals surface area contributed by atoms with Crippen molar-refractivity contribution >= 4 is 17.9 Å². The zero-order valence-corrected chi connectivity index (χ0v) is 7.62. The van der Waals surface area contributed by atoms with Crippen LogP contribution in [0.15, 0.2) is 0 Å². The summed E-state index contributed by atoms with van der Waals surface area (Å²) in [5.74, 6) is -0.815. The Morgan fingerprint density at radius 1 is 1.64 bits per heavy atom. The van der Waals surface area contributed by atoms with Gasteiger partial charge in [0.15, 0.2) is 0 Å². The molecule has 7 nitrogen and oxygen atoms in total. The first-order valence-corrected chi connectivity index (χ1v) is 4.15. The highest BCUT2D eigenvalue weighted by atomic mass is 16.5. The Labute approximate surface area is 80.1 Å². The fourth-order valence-electron chi connectivity index (χ4n) is 0.983. The highest BCUT2D eigenvalue weighted by Crippen LogP contribution is 1.99. The van der Waals surface area contributed by atoms with E-state index < -0.39 is 18.0 Å². The highest BCUT2D eigenvalue weighted by molar-refractivity contribution is 6.05. The molecule has 1 atom stereocenters. The van der Waals surface area contributed by atoms with Crippen LogP contribution >= 0.6 is 0 Å². The summed E-state index contributed by atoms with van der Waals surface area (Å²) >= 11 is 0. The molecule has 1 fully saturated rings. The molecule has 14 heavy (non-hydrogen) atoms. The number of nitrogens with one attached hydrogen (secondary N) is 3. The zero-order valence-electron chi connectivity index (χ0n) is 7.62. The van der Waals surface area contributed by atoms with E-state index in [2.05, 4.69) is 20.9 Å². The predicted molar refractivity (Wildman–Crippen MR) is 44.8 cm³/mol. The molecule has 1 unspecified atom stereocenters. The van der Waals surface area contributed by atoms with Gasteiger partial charge in [-0.15, -0.1) is 0 Å². The van der Waals surface area contributed by atoms with Gasteiger partial charge >= 0.3 is 6.09 Å². The van der Waals surface area contributed by atoms with E-state index in [-0.39, 0.29) is 18.9 Å². The van der Waals surface area contributed by atoms with Crippen molar-refractivity contribution in [3.8, 4) is 0 Å². The summed E-state index contributed by atoms with van der Waals surface area (Å²) in [5, 5.41) is 2.09. The average molecular weight is 201 g/mol. The van der Waals surface area contributed by atoms with E-state index in [4.69, 9.17) is 0 Å². The van der Waals surface area contributed by atoms with Gasteiger partial charge in [-0.1, -0.05) is 0 Å². The number of amides is 3. The third-order valence-electron chi connectivity index (χ3n) is 1.59. The lowest BCUT2D eigenvalue weighted by Crippen LogP contribution is -2.47. The largest absolute Gasteiger partial charge is 0.449 e. The lowest BCUT2D eigenvalue weighted by molar-refractivity contribution is -0.125. The number of carbonyl (C=O) groups excluding carboxylic acids is 3. The standard InChI is InChI=1S/C7H11N3O4/c1-2-14-7(13)10-9-4-3-5(11)8-6(4)12/h4,9H,2-3H2,1H3,(H,10,13)(H,8,11,12). The quantitative estimate of drug-likeness (QED) is 0.387. The van der Waals surface area contributed by atoms with E-state index in [0.717, 1.165) is 0 Å². The molecule has 0 spiro atoms. The van der Waals surface area contributed by atoms with Crippen molar-refractivity contribution in [1.29, 1.82) is 0 Å². The summed E-state index contributed by atoms with van der Waals surface area (Å²) < 4.78 is 4.53. The third kappa shape index (κ3) is 2.70. The number of hydrogen-bond acceptors (Lipinski definition) is 5. The maximum atomic E-state index is 11.0. The molecule has 3 amide bonds. The van der Waals surface area contributed by atoms with Crippen molar-refractivity contribution in [2.24, 2.45) is 0 Å². The molecule has 1 saturated heterocycles. The van der Waals surface area contributed by atoms with Crippen molar-refractivity contribution in [1.82, 2.24) is 16.2 Å². The average Bonchev–Trinajstić information content (AvgIpc) is 2.42. The molecule has 0 aliphatic carbocycles. The maximum Gasteiger partial charge on any atom is 0.421 e. The fraction of sp³-hybridized carbons (Fsp3) is 0.571. The Kier molecular flexibility index (Phi) is 3.41. The molecule has 78 valence electrons. The number of imide groups is 1. The molecule has 1 aliphatic rings. The number of ether oxygens (including phenoxy) is 1. The van der Waals surface area contributed by atoms with Crippen LogP contribution in [0.3, 0.4) is 0 Å². The van der Waals surface area contributed by atoms with Gasteiger partial charge in [-0.05, 0) is 6.92 Å². The molecule has 1 rings (SSSR count). The third-order valence-corrected chi connectivity index (χ3v) is 1.59. The minimum atomic E-state index is -0.716. The van der Waals surface area contributed by atoms with E-state index in [1.165, 1.54) is 0 Å². The van der Waals surface area contributed by atoms with Gasteiger partial charge in [-0.3, -0.25) is 20.3 Å². The SMILES string of the molecule is CCOC(=O)NNC1CC(=O)NC1=O. The smallest absolute Gasteiger partial charge is 0.421 e. The van der Waals surface area contributed by atoms with E-state index in [0.29, 0.717) is 0 Å². The lowest BCUT2D eigenvalue weighted by atomic mass is 10.3. The molecule has 1 aliphatic heterocycles. The van der Waals surface area contributed by atoms with E-state index >= 15 is 0 Å². The van der Waals surface area contributed by atoms with Crippen LogP contribution in [-0.2, 0) is 14.3 Å². The van der Waals surface area contributed by atoms with Gasteiger partial charge in [0, 0.05) is 0 Å². The number of carbonyl (C=O) groups is 3. The second kappa shape index (κ2) is 4.56. The van der Waals surface area contributed by atoms with Gasteiger partial charge in [-0.25, -0.2) is 10.2 Å². The molecule has 0 bridgehead atoms. The van der Waals surface area contributed by atoms with Gasteiger partial charge in [0.1, 0.15) is 6.04 Å². The first-order valence-electron chi connectivity index (χ1n) is 4.15. The van der Waals surface area contributed by atoms with Crippen LogP contribution < -0.4 is 16.2 Å². The zero-order chi connectivity index (χ0) is 10.6. The molecule has 0 aromatic rings. The summed E-state index contributed by atoms with van der Waals surface area (Å²) in [4.78, 5) is 32.5. The van der Waals surface area contributed by atoms with E-state index in [1.807, 2.05) is 0 Å². The van der Waals surface area contributed by atoms with Gasteiger partial charge < -0.3 is 4.74 Å². The van der Waals surface area contributed by atoms with Crippen LogP contribution in [0.25, 0.3) is 0 Å². The minimum Gasteiger partial charge on any atom is -0.449 e. The summed E-state index contributed by atoms with van der Waals surface area (Å²) in [5.41, 5.74) is 4.54. The summed E-state index contributed by atoms with van der Waals surface area (Å²) in [6, 6.07) is -0.716. The molecule has 0 aromatic carbocycles. The van der Waals surface area contributed by atoms with Crippen LogP contribution in [-0.4, -0.2) is 30.6 Å². The molecule has 0 saturated carbocycles. The molecule has 3 N–H and O–H groups in total. The molecule has 0 aromatic heterocycles. The fourth-order valence-corrected chi connectivity index (χ4v) is 0.983. The number of hydrogen-bond donors (Lipinski definition) is 3.